The van der Waals surface area contributed by atoms with Gasteiger partial charge in [-0.05, 0) is 12.1 Å². The predicted octanol–water partition coefficient (Wildman–Crippen LogP) is 2.03. The number of hydrogen-bond acceptors (Lipinski definition) is 5. The molecule has 0 aliphatic carbocycles. The van der Waals surface area contributed by atoms with E-state index in [2.05, 4.69) is 5.32 Å². The van der Waals surface area contributed by atoms with Crippen LogP contribution in [0.5, 0.6) is 5.75 Å². The van der Waals surface area contributed by atoms with Crippen molar-refractivity contribution in [3.63, 3.8) is 0 Å². The van der Waals surface area contributed by atoms with Gasteiger partial charge in [0, 0.05) is 5.56 Å². The fraction of sp³-hybridized carbons (Fsp3) is 0.154. The number of benzene rings is 1. The number of hydrogen-bond donors (Lipinski definition) is 2. The van der Waals surface area contributed by atoms with Crippen molar-refractivity contribution in [2.75, 3.05) is 6.61 Å². The maximum absolute atomic E-state index is 11.6. The molecule has 0 spiro atoms. The molecule has 2 rings (SSSR count). The minimum absolute atomic E-state index is 0.0767. The van der Waals surface area contributed by atoms with E-state index in [1.807, 2.05) is 6.07 Å². The zero-order chi connectivity index (χ0) is 14.5. The Kier molecular flexibility index (Phi) is 4.75. The van der Waals surface area contributed by atoms with Gasteiger partial charge in [-0.1, -0.05) is 42.2 Å². The molecule has 1 heterocycles. The molecule has 2 N–H and O–H groups in total. The number of para-hydroxylation sites is 1. The molecule has 0 bridgehead atoms. The second kappa shape index (κ2) is 6.53. The molecule has 20 heavy (non-hydrogen) atoms. The van der Waals surface area contributed by atoms with Crippen molar-refractivity contribution in [2.45, 2.75) is 6.42 Å². The molecule has 7 heteroatoms. The summed E-state index contributed by atoms with van der Waals surface area (Å²) in [5.41, 5.74) is 0.709. The van der Waals surface area contributed by atoms with Gasteiger partial charge in [-0.3, -0.25) is 9.59 Å². The van der Waals surface area contributed by atoms with E-state index in [9.17, 15) is 9.59 Å². The zero-order valence-corrected chi connectivity index (χ0v) is 11.9. The fourth-order valence-corrected chi connectivity index (χ4v) is 2.58. The van der Waals surface area contributed by atoms with Crippen LogP contribution in [0.1, 0.15) is 12.0 Å². The molecule has 0 saturated carbocycles. The Hall–Kier alpha value is -1.86. The third-order valence-corrected chi connectivity index (χ3v) is 3.58. The van der Waals surface area contributed by atoms with E-state index in [-0.39, 0.29) is 18.9 Å². The standard InChI is InChI=1S/C13H11NO4S2/c15-11(16)5-6-18-9-4-2-1-3-8(9)7-10-12(17)14-13(19)20-10/h1-4,7H,5-6H2,(H,15,16)(H,14,17,19)/b10-7-. The molecule has 0 unspecified atom stereocenters. The summed E-state index contributed by atoms with van der Waals surface area (Å²) in [5, 5.41) is 11.1. The van der Waals surface area contributed by atoms with E-state index in [1.54, 1.807) is 24.3 Å². The lowest BCUT2D eigenvalue weighted by Gasteiger charge is -2.08. The van der Waals surface area contributed by atoms with Crippen LogP contribution in [0.15, 0.2) is 29.2 Å². The van der Waals surface area contributed by atoms with Crippen LogP contribution < -0.4 is 10.1 Å². The van der Waals surface area contributed by atoms with Crippen LogP contribution >= 0.6 is 24.0 Å². The SMILES string of the molecule is O=C(O)CCOc1ccccc1/C=C1\SC(=S)NC1=O. The fourth-order valence-electron chi connectivity index (χ4n) is 1.54. The summed E-state index contributed by atoms with van der Waals surface area (Å²) in [6.45, 7) is 0.0767. The second-order valence-electron chi connectivity index (χ2n) is 3.88. The average molecular weight is 309 g/mol. The summed E-state index contributed by atoms with van der Waals surface area (Å²) >= 11 is 6.10. The van der Waals surface area contributed by atoms with Gasteiger partial charge in [0.2, 0.25) is 0 Å². The van der Waals surface area contributed by atoms with Gasteiger partial charge < -0.3 is 15.2 Å². The lowest BCUT2D eigenvalue weighted by atomic mass is 10.2. The molecule has 1 aromatic rings. The third-order valence-electron chi connectivity index (χ3n) is 2.42. The van der Waals surface area contributed by atoms with Gasteiger partial charge in [-0.2, -0.15) is 0 Å². The summed E-state index contributed by atoms with van der Waals surface area (Å²) in [5.74, 6) is -0.621. The number of amides is 1. The first kappa shape index (κ1) is 14.5. The van der Waals surface area contributed by atoms with Crippen molar-refractivity contribution >= 4 is 46.3 Å². The van der Waals surface area contributed by atoms with Gasteiger partial charge in [-0.15, -0.1) is 0 Å². The van der Waals surface area contributed by atoms with Crippen LogP contribution in [0, 0.1) is 0 Å². The van der Waals surface area contributed by atoms with Gasteiger partial charge in [0.25, 0.3) is 5.91 Å². The first-order valence-electron chi connectivity index (χ1n) is 5.75. The first-order valence-corrected chi connectivity index (χ1v) is 6.97. The molecular formula is C13H11NO4S2. The second-order valence-corrected chi connectivity index (χ2v) is 5.60. The van der Waals surface area contributed by atoms with Crippen LogP contribution in [0.4, 0.5) is 0 Å². The van der Waals surface area contributed by atoms with Crippen molar-refractivity contribution in [3.8, 4) is 5.75 Å². The highest BCUT2D eigenvalue weighted by Gasteiger charge is 2.22. The Morgan fingerprint density at radius 1 is 1.45 bits per heavy atom. The number of thioether (sulfide) groups is 1. The summed E-state index contributed by atoms with van der Waals surface area (Å²) in [4.78, 5) is 22.6. The molecule has 1 aliphatic heterocycles. The predicted molar refractivity (Wildman–Crippen MR) is 80.5 cm³/mol. The molecule has 1 amide bonds. The minimum atomic E-state index is -0.920. The molecular weight excluding hydrogens is 298 g/mol. The van der Waals surface area contributed by atoms with Crippen LogP contribution in [0.2, 0.25) is 0 Å². The summed E-state index contributed by atoms with van der Waals surface area (Å²) in [6.07, 6.45) is 1.60. The molecule has 1 saturated heterocycles. The molecule has 0 radical (unpaired) electrons. The van der Waals surface area contributed by atoms with Gasteiger partial charge >= 0.3 is 5.97 Å². The summed E-state index contributed by atoms with van der Waals surface area (Å²) in [6, 6.07) is 7.11. The van der Waals surface area contributed by atoms with Crippen molar-refractivity contribution in [1.29, 1.82) is 0 Å². The highest BCUT2D eigenvalue weighted by Crippen LogP contribution is 2.29. The van der Waals surface area contributed by atoms with Gasteiger partial charge in [0.1, 0.15) is 10.1 Å². The van der Waals surface area contributed by atoms with E-state index in [0.717, 1.165) is 0 Å². The highest BCUT2D eigenvalue weighted by atomic mass is 32.2. The molecule has 1 aromatic carbocycles. The molecule has 1 aliphatic rings. The van der Waals surface area contributed by atoms with Crippen molar-refractivity contribution in [2.24, 2.45) is 0 Å². The minimum Gasteiger partial charge on any atom is -0.492 e. The molecule has 0 atom stereocenters. The number of thiocarbonyl (C=S) groups is 1. The van der Waals surface area contributed by atoms with Crippen LogP contribution in [-0.4, -0.2) is 27.9 Å². The van der Waals surface area contributed by atoms with Gasteiger partial charge in [-0.25, -0.2) is 0 Å². The molecule has 5 nitrogen and oxygen atoms in total. The summed E-state index contributed by atoms with van der Waals surface area (Å²) in [7, 11) is 0. The normalized spacial score (nSPS) is 16.3. The van der Waals surface area contributed by atoms with E-state index in [0.29, 0.717) is 20.5 Å². The number of carbonyl (C=O) groups excluding carboxylic acids is 1. The van der Waals surface area contributed by atoms with Crippen LogP contribution in [-0.2, 0) is 9.59 Å². The largest absolute Gasteiger partial charge is 0.492 e. The van der Waals surface area contributed by atoms with Crippen LogP contribution in [0.3, 0.4) is 0 Å². The lowest BCUT2D eigenvalue weighted by molar-refractivity contribution is -0.137. The van der Waals surface area contributed by atoms with E-state index < -0.39 is 5.97 Å². The smallest absolute Gasteiger partial charge is 0.306 e. The zero-order valence-electron chi connectivity index (χ0n) is 10.3. The van der Waals surface area contributed by atoms with E-state index in [4.69, 9.17) is 22.1 Å². The number of carboxylic acids is 1. The number of carboxylic acid groups (broad SMARTS) is 1. The average Bonchev–Trinajstić information content (AvgIpc) is 2.69. The Balaban J connectivity index is 2.15. The van der Waals surface area contributed by atoms with E-state index >= 15 is 0 Å². The number of carbonyl (C=O) groups is 2. The number of ether oxygens (including phenoxy) is 1. The third kappa shape index (κ3) is 3.82. The number of aliphatic carboxylic acids is 1. The lowest BCUT2D eigenvalue weighted by Crippen LogP contribution is -2.17. The van der Waals surface area contributed by atoms with E-state index in [1.165, 1.54) is 11.8 Å². The quantitative estimate of drug-likeness (QED) is 0.640. The molecule has 0 aromatic heterocycles. The maximum Gasteiger partial charge on any atom is 0.306 e. The van der Waals surface area contributed by atoms with Crippen molar-refractivity contribution < 1.29 is 19.4 Å². The monoisotopic (exact) mass is 309 g/mol. The molecule has 104 valence electrons. The van der Waals surface area contributed by atoms with Gasteiger partial charge in [0.05, 0.1) is 17.9 Å². The van der Waals surface area contributed by atoms with Crippen molar-refractivity contribution in [3.05, 3.63) is 34.7 Å². The van der Waals surface area contributed by atoms with Gasteiger partial charge in [0.15, 0.2) is 0 Å². The number of nitrogens with one attached hydrogen (secondary N) is 1. The Labute approximate surface area is 125 Å². The van der Waals surface area contributed by atoms with Crippen molar-refractivity contribution in [1.82, 2.24) is 5.32 Å². The summed E-state index contributed by atoms with van der Waals surface area (Å²) < 4.78 is 5.84. The highest BCUT2D eigenvalue weighted by molar-refractivity contribution is 8.26. The van der Waals surface area contributed by atoms with Crippen LogP contribution in [0.25, 0.3) is 6.08 Å². The first-order chi connectivity index (χ1) is 9.56. The Morgan fingerprint density at radius 3 is 2.85 bits per heavy atom. The Bertz CT molecular complexity index is 598. The maximum atomic E-state index is 11.6. The topological polar surface area (TPSA) is 75.6 Å². The molecule has 1 fully saturated rings. The number of rotatable bonds is 5. The Morgan fingerprint density at radius 2 is 2.20 bits per heavy atom.